The molecule has 0 saturated heterocycles. The summed E-state index contributed by atoms with van der Waals surface area (Å²) in [6.07, 6.45) is -0.777. The number of likely N-dealkylation sites (N-methyl/N-ethyl adjacent to an activating group) is 1. The van der Waals surface area contributed by atoms with Gasteiger partial charge in [-0.1, -0.05) is 6.85 Å². The second-order valence-corrected chi connectivity index (χ2v) is 8.97. The number of primary sulfonamides is 1. The number of fused-ring (bicyclic) bond motifs is 1. The summed E-state index contributed by atoms with van der Waals surface area (Å²) in [6, 6.07) is -4.60. The summed E-state index contributed by atoms with van der Waals surface area (Å²) in [5.74, 6) is 0. The molecule has 0 unspecified atom stereocenters. The van der Waals surface area contributed by atoms with E-state index in [0.29, 0.717) is 0 Å². The monoisotopic (exact) mass is 394 g/mol. The van der Waals surface area contributed by atoms with E-state index in [0.717, 1.165) is 7.11 Å². The molecule has 8 nitrogen and oxygen atoms in total. The molecule has 23 heavy (non-hydrogen) atoms. The van der Waals surface area contributed by atoms with Crippen LogP contribution in [0, 0.1) is 0 Å². The van der Waals surface area contributed by atoms with Crippen LogP contribution in [0.25, 0.3) is 0 Å². The van der Waals surface area contributed by atoms with Gasteiger partial charge in [-0.3, -0.25) is 0 Å². The molecule has 132 valence electrons. The average Bonchev–Trinajstić information content (AvgIpc) is 2.98. The van der Waals surface area contributed by atoms with Crippen molar-refractivity contribution in [2.24, 2.45) is 5.14 Å². The van der Waals surface area contributed by atoms with Crippen molar-refractivity contribution < 1.29 is 36.7 Å². The quantitative estimate of drug-likeness (QED) is 0.676. The van der Waals surface area contributed by atoms with Crippen LogP contribution in [0.15, 0.2) is 14.5 Å². The maximum Gasteiger partial charge on any atom is 0.252 e. The molecule has 0 radical (unpaired) electrons. The molecule has 3 N–H and O–H groups in total. The van der Waals surface area contributed by atoms with E-state index in [2.05, 4.69) is 4.74 Å². The van der Waals surface area contributed by atoms with E-state index < -0.39 is 85.5 Å². The zero-order valence-electron chi connectivity index (χ0n) is 22.7. The Bertz CT molecular complexity index is 1180. The van der Waals surface area contributed by atoms with Crippen LogP contribution >= 0.6 is 11.3 Å². The Hall–Kier alpha value is -0.560. The Morgan fingerprint density at radius 3 is 3.13 bits per heavy atom. The van der Waals surface area contributed by atoms with Gasteiger partial charge in [-0.15, -0.1) is 11.3 Å². The van der Waals surface area contributed by atoms with Crippen LogP contribution < -0.4 is 10.5 Å². The first-order valence-electron chi connectivity index (χ1n) is 11.4. The highest BCUT2D eigenvalue weighted by atomic mass is 32.3. The molecule has 2 rings (SSSR count). The molecule has 0 amide bonds. The fourth-order valence-electron chi connectivity index (χ4n) is 1.71. The third-order valence-corrected chi connectivity index (χ3v) is 7.29. The van der Waals surface area contributed by atoms with Crippen molar-refractivity contribution in [3.05, 3.63) is 11.6 Å². The Kier molecular flexibility index (Phi) is 2.70. The molecule has 0 spiro atoms. The highest BCUT2D eigenvalue weighted by Crippen LogP contribution is 2.39. The van der Waals surface area contributed by atoms with Crippen LogP contribution in [0.1, 0.15) is 39.9 Å². The molecule has 1 aliphatic heterocycles. The first kappa shape index (κ1) is 8.70. The van der Waals surface area contributed by atoms with Crippen molar-refractivity contribution in [2.75, 3.05) is 33.2 Å². The molecule has 2 heterocycles. The van der Waals surface area contributed by atoms with Crippen molar-refractivity contribution in [1.82, 2.24) is 9.62 Å². The molecule has 0 fully saturated rings. The number of nitrogens with one attached hydrogen (secondary N) is 1. The SMILES string of the molecule is [2H]c1c(S(N)(=O)=O)sc2c1[C@@]([2H])(NC([2H])([2H])C([2H])([2H])[2H])C([2H])([2H])N(CCC([2H])([2H])OC)S2(=O)=O. The third kappa shape index (κ3) is 3.92. The molecular weight excluding hydrogens is 362 g/mol. The summed E-state index contributed by atoms with van der Waals surface area (Å²) in [5.41, 5.74) is -1.15. The first-order valence-corrected chi connectivity index (χ1v) is 9.71. The Balaban J connectivity index is 2.93. The van der Waals surface area contributed by atoms with E-state index in [1.807, 2.05) is 0 Å². The number of nitrogens with zero attached hydrogens (tertiary/aromatic N) is 1. The molecule has 1 aromatic rings. The minimum Gasteiger partial charge on any atom is -0.385 e. The summed E-state index contributed by atoms with van der Waals surface area (Å²) in [5, 5.41) is 6.65. The minimum absolute atomic E-state index is 0.0301. The van der Waals surface area contributed by atoms with E-state index in [1.165, 1.54) is 0 Å². The van der Waals surface area contributed by atoms with Gasteiger partial charge >= 0.3 is 0 Å². The molecule has 0 bridgehead atoms. The largest absolute Gasteiger partial charge is 0.385 e. The van der Waals surface area contributed by atoms with Crippen LogP contribution in [0.3, 0.4) is 0 Å². The summed E-state index contributed by atoms with van der Waals surface area (Å²) >= 11 is -0.0896. The van der Waals surface area contributed by atoms with Crippen LogP contribution in [0.4, 0.5) is 0 Å². The zero-order valence-corrected chi connectivity index (χ0v) is 14.2. The number of hydrogen-bond acceptors (Lipinski definition) is 7. The van der Waals surface area contributed by atoms with Gasteiger partial charge in [0, 0.05) is 47.9 Å². The third-order valence-electron chi connectivity index (χ3n) is 2.63. The molecule has 0 aliphatic carbocycles. The van der Waals surface area contributed by atoms with Gasteiger partial charge in [0.2, 0.25) is 10.0 Å². The number of sulfonamides is 2. The molecule has 0 saturated carbocycles. The topological polar surface area (TPSA) is 119 Å². The molecule has 1 atom stereocenters. The van der Waals surface area contributed by atoms with Crippen LogP contribution in [-0.2, 0) is 24.8 Å². The van der Waals surface area contributed by atoms with Gasteiger partial charge in [0.25, 0.3) is 10.0 Å². The molecule has 1 aliphatic rings. The average molecular weight is 395 g/mol. The molecule has 0 aromatic carbocycles. The van der Waals surface area contributed by atoms with Gasteiger partial charge in [0.1, 0.15) is 8.42 Å². The van der Waals surface area contributed by atoms with Gasteiger partial charge in [-0.2, -0.15) is 4.31 Å². The Morgan fingerprint density at radius 2 is 2.52 bits per heavy atom. The van der Waals surface area contributed by atoms with E-state index in [1.54, 1.807) is 5.32 Å². The maximum absolute atomic E-state index is 13.3. The van der Waals surface area contributed by atoms with Crippen molar-refractivity contribution >= 4 is 31.4 Å². The van der Waals surface area contributed by atoms with E-state index in [4.69, 9.17) is 20.2 Å². The van der Waals surface area contributed by atoms with Crippen LogP contribution in [-0.4, -0.2) is 54.3 Å². The number of hydrogen-bond donors (Lipinski definition) is 2. The normalized spacial score (nSPS) is 35.5. The highest BCUT2D eigenvalue weighted by molar-refractivity contribution is 7.94. The number of ether oxygens (including phenoxy) is 1. The zero-order chi connectivity index (χ0) is 26.9. The van der Waals surface area contributed by atoms with E-state index in [9.17, 15) is 16.8 Å². The fraction of sp³-hybridized carbons (Fsp3) is 0.667. The minimum atomic E-state index is -5.05. The molecular formula is C12H21N3O5S3. The number of rotatable bonds is 7. The lowest BCUT2D eigenvalue weighted by Crippen LogP contribution is -2.43. The Labute approximate surface area is 156 Å². The lowest BCUT2D eigenvalue weighted by molar-refractivity contribution is 0.185. The molecule has 11 heteroatoms. The number of thiophene rings is 1. The summed E-state index contributed by atoms with van der Waals surface area (Å²) in [7, 11) is -8.86. The van der Waals surface area contributed by atoms with Gasteiger partial charge in [0.05, 0.1) is 5.48 Å². The van der Waals surface area contributed by atoms with Crippen molar-refractivity contribution in [2.45, 2.75) is 27.7 Å². The van der Waals surface area contributed by atoms with Crippen molar-refractivity contribution in [1.29, 1.82) is 0 Å². The van der Waals surface area contributed by atoms with Gasteiger partial charge in [0.15, 0.2) is 0 Å². The second kappa shape index (κ2) is 7.13. The lowest BCUT2D eigenvalue weighted by Gasteiger charge is -2.32. The maximum atomic E-state index is 13.3. The number of nitrogens with two attached hydrogens (primary N) is 1. The molecule has 1 aromatic heterocycles. The predicted molar refractivity (Wildman–Crippen MR) is 87.4 cm³/mol. The standard InChI is InChI=1S/C12H21N3O5S3/c1-3-14-10-8-15(5-4-6-20-2)23(18,19)12-9(10)7-11(21-12)22(13,16)17/h7,10,14H,3-6,8H2,1-2H3,(H2,13,16,17)/t10-/m0/s1/i1D3,3D2,6D2,7D,8D2,10D. The Morgan fingerprint density at radius 1 is 1.78 bits per heavy atom. The van der Waals surface area contributed by atoms with Crippen LogP contribution in [0.2, 0.25) is 0 Å². The fourth-order valence-corrected chi connectivity index (χ4v) is 5.50. The van der Waals surface area contributed by atoms with Gasteiger partial charge < -0.3 is 10.1 Å². The smallest absolute Gasteiger partial charge is 0.252 e. The predicted octanol–water partition coefficient (Wildman–Crippen LogP) is 0.0869. The summed E-state index contributed by atoms with van der Waals surface area (Å²) in [6.45, 7) is -14.0. The van der Waals surface area contributed by atoms with Gasteiger partial charge in [-0.05, 0) is 19.0 Å². The lowest BCUT2D eigenvalue weighted by atomic mass is 10.1. The van der Waals surface area contributed by atoms with E-state index >= 15 is 0 Å². The first-order chi connectivity index (χ1) is 14.9. The second-order valence-electron chi connectivity index (χ2n) is 4.13. The van der Waals surface area contributed by atoms with Crippen molar-refractivity contribution in [3.8, 4) is 0 Å². The van der Waals surface area contributed by atoms with Gasteiger partial charge in [-0.25, -0.2) is 22.0 Å². The van der Waals surface area contributed by atoms with Crippen molar-refractivity contribution in [3.63, 3.8) is 0 Å². The summed E-state index contributed by atoms with van der Waals surface area (Å²) < 4.78 is 139. The number of methoxy groups -OCH3 is 1. The summed E-state index contributed by atoms with van der Waals surface area (Å²) in [4.78, 5) is 0. The van der Waals surface area contributed by atoms with E-state index in [-0.39, 0.29) is 15.6 Å². The van der Waals surface area contributed by atoms with Crippen LogP contribution in [0.5, 0.6) is 0 Å². The highest BCUT2D eigenvalue weighted by Gasteiger charge is 2.39.